The number of carbonyl (C=O) groups is 1. The Kier molecular flexibility index (Phi) is 6.40. The van der Waals surface area contributed by atoms with Crippen LogP contribution >= 0.6 is 0 Å². The molecule has 122 valence electrons. The Balaban J connectivity index is 0.000000188. The van der Waals surface area contributed by atoms with E-state index in [1.807, 2.05) is 6.07 Å². The largest absolute Gasteiger partial charge is 0.467 e. The van der Waals surface area contributed by atoms with Crippen LogP contribution in [0.15, 0.2) is 30.3 Å². The first-order valence-corrected chi connectivity index (χ1v) is 8.12. The summed E-state index contributed by atoms with van der Waals surface area (Å²) in [5.41, 5.74) is 1.41. The maximum Gasteiger partial charge on any atom is 0.337 e. The van der Waals surface area contributed by atoms with Crippen LogP contribution in [0, 0.1) is 0 Å². The number of aryl methyl sites for hydroxylation is 1. The van der Waals surface area contributed by atoms with Crippen LogP contribution in [-0.2, 0) is 25.4 Å². The van der Waals surface area contributed by atoms with Gasteiger partial charge in [0.15, 0.2) is 11.9 Å². The minimum absolute atomic E-state index is 0.326. The second kappa shape index (κ2) is 8.30. The van der Waals surface area contributed by atoms with Gasteiger partial charge in [-0.05, 0) is 24.8 Å². The fourth-order valence-electron chi connectivity index (χ4n) is 2.87. The minimum Gasteiger partial charge on any atom is -0.467 e. The van der Waals surface area contributed by atoms with E-state index in [2.05, 4.69) is 35.9 Å². The standard InChI is InChI=1S/C10H16O4.C8H10/c1-12-9(11)8-7-13-10(14-8)5-3-2-4-6-10;1-2-8-6-4-3-5-7-8/h8H,2-7H2,1H3;3-7H,2H2,1H3. The summed E-state index contributed by atoms with van der Waals surface area (Å²) in [4.78, 5) is 11.2. The highest BCUT2D eigenvalue weighted by atomic mass is 16.8. The van der Waals surface area contributed by atoms with Gasteiger partial charge in [0, 0.05) is 12.8 Å². The summed E-state index contributed by atoms with van der Waals surface area (Å²) in [6.45, 7) is 2.50. The molecule has 0 N–H and O–H groups in total. The number of ether oxygens (including phenoxy) is 3. The van der Waals surface area contributed by atoms with E-state index in [1.165, 1.54) is 19.1 Å². The molecule has 1 aliphatic heterocycles. The fraction of sp³-hybridized carbons (Fsp3) is 0.611. The lowest BCUT2D eigenvalue weighted by molar-refractivity contribution is -0.195. The van der Waals surface area contributed by atoms with Gasteiger partial charge >= 0.3 is 5.97 Å². The third-order valence-electron chi connectivity index (χ3n) is 4.19. The molecule has 0 bridgehead atoms. The second-order valence-electron chi connectivity index (χ2n) is 5.75. The number of rotatable bonds is 2. The van der Waals surface area contributed by atoms with Gasteiger partial charge in [0.25, 0.3) is 0 Å². The van der Waals surface area contributed by atoms with Gasteiger partial charge in [-0.25, -0.2) is 4.79 Å². The topological polar surface area (TPSA) is 44.8 Å². The zero-order valence-electron chi connectivity index (χ0n) is 13.5. The molecule has 0 amide bonds. The van der Waals surface area contributed by atoms with E-state index >= 15 is 0 Å². The first-order valence-electron chi connectivity index (χ1n) is 8.12. The molecule has 1 spiro atoms. The molecule has 1 heterocycles. The molecular formula is C18H26O4. The molecule has 0 radical (unpaired) electrons. The number of hydrogen-bond donors (Lipinski definition) is 0. The lowest BCUT2D eigenvalue weighted by Gasteiger charge is -2.31. The average Bonchev–Trinajstić information content (AvgIpc) is 2.99. The molecule has 4 nitrogen and oxygen atoms in total. The molecule has 1 unspecified atom stereocenters. The van der Waals surface area contributed by atoms with Crippen molar-refractivity contribution >= 4 is 5.97 Å². The summed E-state index contributed by atoms with van der Waals surface area (Å²) in [5, 5.41) is 0. The molecule has 1 atom stereocenters. The van der Waals surface area contributed by atoms with Crippen LogP contribution in [0.25, 0.3) is 0 Å². The third kappa shape index (κ3) is 4.55. The Morgan fingerprint density at radius 2 is 1.91 bits per heavy atom. The van der Waals surface area contributed by atoms with Crippen LogP contribution < -0.4 is 0 Å². The Morgan fingerprint density at radius 1 is 1.23 bits per heavy atom. The van der Waals surface area contributed by atoms with Crippen molar-refractivity contribution < 1.29 is 19.0 Å². The molecule has 22 heavy (non-hydrogen) atoms. The van der Waals surface area contributed by atoms with E-state index in [4.69, 9.17) is 9.47 Å². The summed E-state index contributed by atoms with van der Waals surface area (Å²) < 4.78 is 15.9. The van der Waals surface area contributed by atoms with Crippen molar-refractivity contribution in [3.63, 3.8) is 0 Å². The maximum absolute atomic E-state index is 11.2. The molecule has 2 fully saturated rings. The first-order chi connectivity index (χ1) is 10.7. The molecule has 4 heteroatoms. The minimum atomic E-state index is -0.516. The van der Waals surface area contributed by atoms with Gasteiger partial charge in [-0.15, -0.1) is 0 Å². The highest BCUT2D eigenvalue weighted by Crippen LogP contribution is 2.37. The van der Waals surface area contributed by atoms with Crippen molar-refractivity contribution in [1.29, 1.82) is 0 Å². The van der Waals surface area contributed by atoms with Crippen molar-refractivity contribution in [2.24, 2.45) is 0 Å². The van der Waals surface area contributed by atoms with Crippen LogP contribution in [-0.4, -0.2) is 31.6 Å². The molecule has 1 saturated heterocycles. The predicted octanol–water partition coefficient (Wildman–Crippen LogP) is 3.48. The molecule has 1 aromatic carbocycles. The quantitative estimate of drug-likeness (QED) is 0.785. The Labute approximate surface area is 132 Å². The van der Waals surface area contributed by atoms with E-state index in [0.717, 1.165) is 32.1 Å². The van der Waals surface area contributed by atoms with Gasteiger partial charge in [-0.1, -0.05) is 43.7 Å². The van der Waals surface area contributed by atoms with Gasteiger partial charge in [0.05, 0.1) is 13.7 Å². The second-order valence-corrected chi connectivity index (χ2v) is 5.75. The number of hydrogen-bond acceptors (Lipinski definition) is 4. The number of methoxy groups -OCH3 is 1. The van der Waals surface area contributed by atoms with E-state index < -0.39 is 11.9 Å². The molecule has 1 aliphatic carbocycles. The molecule has 3 rings (SSSR count). The molecule has 0 aromatic heterocycles. The lowest BCUT2D eigenvalue weighted by atomic mass is 9.94. The third-order valence-corrected chi connectivity index (χ3v) is 4.19. The van der Waals surface area contributed by atoms with Crippen LogP contribution in [0.4, 0.5) is 0 Å². The van der Waals surface area contributed by atoms with Crippen molar-refractivity contribution in [2.75, 3.05) is 13.7 Å². The average molecular weight is 306 g/mol. The van der Waals surface area contributed by atoms with Crippen LogP contribution in [0.2, 0.25) is 0 Å². The van der Waals surface area contributed by atoms with E-state index in [9.17, 15) is 4.79 Å². The predicted molar refractivity (Wildman–Crippen MR) is 84.5 cm³/mol. The normalized spacial score (nSPS) is 22.7. The van der Waals surface area contributed by atoms with Gasteiger partial charge < -0.3 is 14.2 Å². The monoisotopic (exact) mass is 306 g/mol. The zero-order valence-corrected chi connectivity index (χ0v) is 13.5. The van der Waals surface area contributed by atoms with Crippen molar-refractivity contribution in [3.05, 3.63) is 35.9 Å². The maximum atomic E-state index is 11.2. The molecule has 2 aliphatic rings. The van der Waals surface area contributed by atoms with E-state index in [1.54, 1.807) is 0 Å². The van der Waals surface area contributed by atoms with Gasteiger partial charge in [0.1, 0.15) is 0 Å². The summed E-state index contributed by atoms with van der Waals surface area (Å²) in [6, 6.07) is 10.5. The van der Waals surface area contributed by atoms with Crippen molar-refractivity contribution in [1.82, 2.24) is 0 Å². The molecule has 1 saturated carbocycles. The molecule has 1 aromatic rings. The van der Waals surface area contributed by atoms with Gasteiger partial charge in [-0.3, -0.25) is 0 Å². The number of carbonyl (C=O) groups excluding carboxylic acids is 1. The highest BCUT2D eigenvalue weighted by molar-refractivity contribution is 5.75. The fourth-order valence-corrected chi connectivity index (χ4v) is 2.87. The summed E-state index contributed by atoms with van der Waals surface area (Å²) in [7, 11) is 1.37. The van der Waals surface area contributed by atoms with Gasteiger partial charge in [0.2, 0.25) is 0 Å². The van der Waals surface area contributed by atoms with Crippen LogP contribution in [0.1, 0.15) is 44.6 Å². The zero-order chi connectivity index (χ0) is 15.8. The van der Waals surface area contributed by atoms with E-state index in [0.29, 0.717) is 6.61 Å². The summed E-state index contributed by atoms with van der Waals surface area (Å²) >= 11 is 0. The van der Waals surface area contributed by atoms with E-state index in [-0.39, 0.29) is 5.97 Å². The lowest BCUT2D eigenvalue weighted by Crippen LogP contribution is -2.35. The highest BCUT2D eigenvalue weighted by Gasteiger charge is 2.45. The Morgan fingerprint density at radius 3 is 2.45 bits per heavy atom. The Bertz CT molecular complexity index is 451. The van der Waals surface area contributed by atoms with Gasteiger partial charge in [-0.2, -0.15) is 0 Å². The van der Waals surface area contributed by atoms with Crippen molar-refractivity contribution in [3.8, 4) is 0 Å². The summed E-state index contributed by atoms with van der Waals surface area (Å²) in [5.74, 6) is -0.802. The Hall–Kier alpha value is -1.39. The SMILES string of the molecule is CCc1ccccc1.COC(=O)C1COC2(CCCCC2)O1. The smallest absolute Gasteiger partial charge is 0.337 e. The summed E-state index contributed by atoms with van der Waals surface area (Å²) in [6.07, 6.45) is 5.90. The van der Waals surface area contributed by atoms with Crippen molar-refractivity contribution in [2.45, 2.75) is 57.3 Å². The number of esters is 1. The number of benzene rings is 1. The van der Waals surface area contributed by atoms with Crippen LogP contribution in [0.3, 0.4) is 0 Å². The van der Waals surface area contributed by atoms with Crippen LogP contribution in [0.5, 0.6) is 0 Å². The molecular weight excluding hydrogens is 280 g/mol. The first kappa shape index (κ1) is 17.0.